The van der Waals surface area contributed by atoms with Crippen LogP contribution >= 0.6 is 0 Å². The van der Waals surface area contributed by atoms with Crippen molar-refractivity contribution in [1.29, 1.82) is 5.26 Å². The third-order valence-corrected chi connectivity index (χ3v) is 3.01. The molecule has 20 heavy (non-hydrogen) atoms. The van der Waals surface area contributed by atoms with Crippen molar-refractivity contribution in [3.05, 3.63) is 29.8 Å². The number of rotatable bonds is 8. The van der Waals surface area contributed by atoms with Crippen LogP contribution in [0.5, 0.6) is 0 Å². The predicted molar refractivity (Wildman–Crippen MR) is 78.4 cm³/mol. The zero-order valence-corrected chi connectivity index (χ0v) is 12.1. The van der Waals surface area contributed by atoms with Crippen LogP contribution in [0.25, 0.3) is 0 Å². The van der Waals surface area contributed by atoms with Crippen LogP contribution in [0.2, 0.25) is 0 Å². The van der Waals surface area contributed by atoms with Crippen molar-refractivity contribution in [1.82, 2.24) is 4.90 Å². The first-order valence-electron chi connectivity index (χ1n) is 6.71. The van der Waals surface area contributed by atoms with Gasteiger partial charge >= 0.3 is 0 Å². The minimum atomic E-state index is -0.0226. The molecule has 5 heteroatoms. The van der Waals surface area contributed by atoms with Gasteiger partial charge in [0.05, 0.1) is 18.2 Å². The molecule has 0 atom stereocenters. The van der Waals surface area contributed by atoms with E-state index in [1.165, 1.54) is 0 Å². The Hall–Kier alpha value is -1.90. The maximum atomic E-state index is 11.8. The monoisotopic (exact) mass is 275 g/mol. The standard InChI is InChI=1S/C15H21N3O2/c1-3-18(10-11-20-2)9-8-15(19)17-14-6-4-13(12-16)5-7-14/h4-7H,3,8-11H2,1-2H3,(H,17,19). The SMILES string of the molecule is CCN(CCOC)CCC(=O)Nc1ccc(C#N)cc1. The van der Waals surface area contributed by atoms with E-state index in [4.69, 9.17) is 10.00 Å². The Morgan fingerprint density at radius 2 is 2.05 bits per heavy atom. The van der Waals surface area contributed by atoms with Gasteiger partial charge in [0, 0.05) is 32.3 Å². The minimum Gasteiger partial charge on any atom is -0.383 e. The van der Waals surface area contributed by atoms with E-state index in [0.717, 1.165) is 13.1 Å². The number of nitrogens with zero attached hydrogens (tertiary/aromatic N) is 2. The highest BCUT2D eigenvalue weighted by Gasteiger charge is 2.07. The molecule has 0 spiro atoms. The summed E-state index contributed by atoms with van der Waals surface area (Å²) in [5, 5.41) is 11.5. The van der Waals surface area contributed by atoms with Gasteiger partial charge in [0.2, 0.25) is 5.91 Å². The zero-order valence-electron chi connectivity index (χ0n) is 12.1. The number of anilines is 1. The molecule has 0 saturated heterocycles. The summed E-state index contributed by atoms with van der Waals surface area (Å²) < 4.78 is 5.03. The first kappa shape index (κ1) is 16.2. The van der Waals surface area contributed by atoms with Gasteiger partial charge in [0.1, 0.15) is 0 Å². The average Bonchev–Trinajstić information content (AvgIpc) is 2.48. The summed E-state index contributed by atoms with van der Waals surface area (Å²) in [6.07, 6.45) is 0.442. The van der Waals surface area contributed by atoms with Crippen molar-refractivity contribution in [3.8, 4) is 6.07 Å². The maximum Gasteiger partial charge on any atom is 0.225 e. The number of nitriles is 1. The number of benzene rings is 1. The highest BCUT2D eigenvalue weighted by atomic mass is 16.5. The second kappa shape index (κ2) is 9.08. The second-order valence-electron chi connectivity index (χ2n) is 4.41. The first-order chi connectivity index (χ1) is 9.69. The average molecular weight is 275 g/mol. The molecule has 1 N–H and O–H groups in total. The quantitative estimate of drug-likeness (QED) is 0.786. The van der Waals surface area contributed by atoms with E-state index >= 15 is 0 Å². The molecular formula is C15H21N3O2. The normalized spacial score (nSPS) is 10.3. The molecule has 0 aromatic heterocycles. The number of carbonyl (C=O) groups excluding carboxylic acids is 1. The summed E-state index contributed by atoms with van der Waals surface area (Å²) in [6, 6.07) is 8.89. The Bertz CT molecular complexity index is 451. The third-order valence-electron chi connectivity index (χ3n) is 3.01. The molecule has 0 unspecified atom stereocenters. The van der Waals surface area contributed by atoms with Gasteiger partial charge in [-0.25, -0.2) is 0 Å². The summed E-state index contributed by atoms with van der Waals surface area (Å²) in [4.78, 5) is 14.0. The van der Waals surface area contributed by atoms with Crippen molar-refractivity contribution in [3.63, 3.8) is 0 Å². The van der Waals surface area contributed by atoms with Crippen molar-refractivity contribution < 1.29 is 9.53 Å². The van der Waals surface area contributed by atoms with Crippen LogP contribution < -0.4 is 5.32 Å². The molecule has 0 aliphatic rings. The molecule has 0 aliphatic heterocycles. The number of hydrogen-bond donors (Lipinski definition) is 1. The Balaban J connectivity index is 2.37. The maximum absolute atomic E-state index is 11.8. The molecule has 1 aromatic carbocycles. The van der Waals surface area contributed by atoms with Gasteiger partial charge in [-0.15, -0.1) is 0 Å². The second-order valence-corrected chi connectivity index (χ2v) is 4.41. The molecule has 0 radical (unpaired) electrons. The first-order valence-corrected chi connectivity index (χ1v) is 6.71. The van der Waals surface area contributed by atoms with E-state index in [-0.39, 0.29) is 5.91 Å². The summed E-state index contributed by atoms with van der Waals surface area (Å²) in [6.45, 7) is 5.17. The van der Waals surface area contributed by atoms with E-state index in [1.807, 2.05) is 6.07 Å². The number of methoxy groups -OCH3 is 1. The van der Waals surface area contributed by atoms with Gasteiger partial charge in [-0.1, -0.05) is 6.92 Å². The molecule has 0 bridgehead atoms. The topological polar surface area (TPSA) is 65.4 Å². The Labute approximate surface area is 120 Å². The molecule has 0 heterocycles. The van der Waals surface area contributed by atoms with Crippen LogP contribution in [0.15, 0.2) is 24.3 Å². The Kier molecular flexibility index (Phi) is 7.33. The van der Waals surface area contributed by atoms with Gasteiger partial charge in [-0.3, -0.25) is 4.79 Å². The van der Waals surface area contributed by atoms with E-state index in [1.54, 1.807) is 31.4 Å². The number of ether oxygens (including phenoxy) is 1. The molecule has 1 aromatic rings. The van der Waals surface area contributed by atoms with Gasteiger partial charge < -0.3 is 15.0 Å². The Morgan fingerprint density at radius 1 is 1.35 bits per heavy atom. The van der Waals surface area contributed by atoms with E-state index in [9.17, 15) is 4.79 Å². The largest absolute Gasteiger partial charge is 0.383 e. The molecule has 5 nitrogen and oxygen atoms in total. The zero-order chi connectivity index (χ0) is 14.8. The fraction of sp³-hybridized carbons (Fsp3) is 0.467. The summed E-state index contributed by atoms with van der Waals surface area (Å²) in [7, 11) is 1.67. The summed E-state index contributed by atoms with van der Waals surface area (Å²) in [5.41, 5.74) is 1.30. The van der Waals surface area contributed by atoms with Crippen molar-refractivity contribution >= 4 is 11.6 Å². The highest BCUT2D eigenvalue weighted by Crippen LogP contribution is 2.09. The van der Waals surface area contributed by atoms with Gasteiger partial charge in [0.25, 0.3) is 0 Å². The predicted octanol–water partition coefficient (Wildman–Crippen LogP) is 1.86. The summed E-state index contributed by atoms with van der Waals surface area (Å²) in [5.74, 6) is -0.0226. The molecule has 1 amide bonds. The molecule has 0 aliphatic carbocycles. The third kappa shape index (κ3) is 5.83. The van der Waals surface area contributed by atoms with Crippen LogP contribution in [-0.4, -0.2) is 44.2 Å². The fourth-order valence-corrected chi connectivity index (χ4v) is 1.76. The van der Waals surface area contributed by atoms with Crippen LogP contribution in [0.3, 0.4) is 0 Å². The molecule has 1 rings (SSSR count). The van der Waals surface area contributed by atoms with Crippen molar-refractivity contribution in [2.24, 2.45) is 0 Å². The van der Waals surface area contributed by atoms with E-state index < -0.39 is 0 Å². The van der Waals surface area contributed by atoms with Crippen molar-refractivity contribution in [2.75, 3.05) is 38.7 Å². The fourth-order valence-electron chi connectivity index (χ4n) is 1.76. The van der Waals surface area contributed by atoms with Crippen molar-refractivity contribution in [2.45, 2.75) is 13.3 Å². The number of amides is 1. The minimum absolute atomic E-state index is 0.0226. The molecule has 0 saturated carbocycles. The van der Waals surface area contributed by atoms with E-state index in [0.29, 0.717) is 30.8 Å². The number of hydrogen-bond acceptors (Lipinski definition) is 4. The van der Waals surface area contributed by atoms with Crippen LogP contribution in [0.4, 0.5) is 5.69 Å². The van der Waals surface area contributed by atoms with Crippen LogP contribution in [0, 0.1) is 11.3 Å². The molecule has 108 valence electrons. The van der Waals surface area contributed by atoms with Crippen LogP contribution in [-0.2, 0) is 9.53 Å². The number of nitrogens with one attached hydrogen (secondary N) is 1. The van der Waals surface area contributed by atoms with Gasteiger partial charge in [0.15, 0.2) is 0 Å². The number of carbonyl (C=O) groups is 1. The summed E-state index contributed by atoms with van der Waals surface area (Å²) >= 11 is 0. The molecular weight excluding hydrogens is 254 g/mol. The lowest BCUT2D eigenvalue weighted by Gasteiger charge is -2.19. The Morgan fingerprint density at radius 3 is 2.60 bits per heavy atom. The number of likely N-dealkylation sites (N-methyl/N-ethyl adjacent to an activating group) is 1. The van der Waals surface area contributed by atoms with E-state index in [2.05, 4.69) is 17.1 Å². The van der Waals surface area contributed by atoms with Gasteiger partial charge in [-0.2, -0.15) is 5.26 Å². The lowest BCUT2D eigenvalue weighted by Crippen LogP contribution is -2.30. The van der Waals surface area contributed by atoms with Crippen LogP contribution in [0.1, 0.15) is 18.9 Å². The lowest BCUT2D eigenvalue weighted by atomic mass is 10.2. The smallest absolute Gasteiger partial charge is 0.225 e. The highest BCUT2D eigenvalue weighted by molar-refractivity contribution is 5.90. The molecule has 0 fully saturated rings. The van der Waals surface area contributed by atoms with Gasteiger partial charge in [-0.05, 0) is 30.8 Å². The lowest BCUT2D eigenvalue weighted by molar-refractivity contribution is -0.116.